The number of fused-ring (bicyclic) bond motifs is 1. The number of carbonyl (C=O) groups excluding carboxylic acids is 1. The van der Waals surface area contributed by atoms with Gasteiger partial charge in [-0.1, -0.05) is 6.07 Å². The number of rotatable bonds is 3. The smallest absolute Gasteiger partial charge is 0.253 e. The largest absolute Gasteiger partial charge is 0.497 e. The SMILES string of the molecule is COc1ccc(C(=O)N2CCC(c3ccc4c(c3)OCO4)C2)cc1. The van der Waals surface area contributed by atoms with Gasteiger partial charge in [0.05, 0.1) is 7.11 Å². The van der Waals surface area contributed by atoms with Crippen molar-refractivity contribution in [3.63, 3.8) is 0 Å². The van der Waals surface area contributed by atoms with Crippen LogP contribution in [0.15, 0.2) is 42.5 Å². The summed E-state index contributed by atoms with van der Waals surface area (Å²) in [6, 6.07) is 13.3. The van der Waals surface area contributed by atoms with E-state index in [-0.39, 0.29) is 12.7 Å². The average Bonchev–Trinajstić information content (AvgIpc) is 3.29. The van der Waals surface area contributed by atoms with Gasteiger partial charge in [-0.05, 0) is 48.4 Å². The van der Waals surface area contributed by atoms with Gasteiger partial charge in [0.1, 0.15) is 5.75 Å². The molecule has 1 amide bonds. The lowest BCUT2D eigenvalue weighted by atomic mass is 9.98. The molecule has 0 aliphatic carbocycles. The van der Waals surface area contributed by atoms with E-state index in [9.17, 15) is 4.79 Å². The first-order valence-electron chi connectivity index (χ1n) is 8.07. The molecule has 24 heavy (non-hydrogen) atoms. The molecule has 124 valence electrons. The summed E-state index contributed by atoms with van der Waals surface area (Å²) in [7, 11) is 1.62. The maximum absolute atomic E-state index is 12.7. The fourth-order valence-electron chi connectivity index (χ4n) is 3.30. The second kappa shape index (κ2) is 6.07. The number of likely N-dealkylation sites (tertiary alicyclic amines) is 1. The van der Waals surface area contributed by atoms with Crippen LogP contribution in [-0.2, 0) is 0 Å². The molecular weight excluding hydrogens is 306 g/mol. The van der Waals surface area contributed by atoms with Gasteiger partial charge in [0.25, 0.3) is 5.91 Å². The van der Waals surface area contributed by atoms with Gasteiger partial charge in [-0.25, -0.2) is 0 Å². The highest BCUT2D eigenvalue weighted by Gasteiger charge is 2.29. The van der Waals surface area contributed by atoms with Crippen LogP contribution in [0.4, 0.5) is 0 Å². The first kappa shape index (κ1) is 14.9. The lowest BCUT2D eigenvalue weighted by Crippen LogP contribution is -2.28. The zero-order valence-electron chi connectivity index (χ0n) is 13.5. The molecule has 0 radical (unpaired) electrons. The van der Waals surface area contributed by atoms with Crippen LogP contribution in [0.2, 0.25) is 0 Å². The molecule has 2 heterocycles. The van der Waals surface area contributed by atoms with Crippen molar-refractivity contribution in [2.24, 2.45) is 0 Å². The number of nitrogens with zero attached hydrogens (tertiary/aromatic N) is 1. The molecule has 2 aromatic carbocycles. The van der Waals surface area contributed by atoms with Gasteiger partial charge in [-0.2, -0.15) is 0 Å². The highest BCUT2D eigenvalue weighted by molar-refractivity contribution is 5.94. The highest BCUT2D eigenvalue weighted by atomic mass is 16.7. The predicted octanol–water partition coefficient (Wildman–Crippen LogP) is 3.05. The minimum absolute atomic E-state index is 0.0703. The molecule has 2 aliphatic heterocycles. The minimum atomic E-state index is 0.0703. The molecule has 4 rings (SSSR count). The molecule has 0 bridgehead atoms. The van der Waals surface area contributed by atoms with Crippen LogP contribution < -0.4 is 14.2 Å². The lowest BCUT2D eigenvalue weighted by molar-refractivity contribution is 0.0791. The van der Waals surface area contributed by atoms with Crippen LogP contribution in [0.25, 0.3) is 0 Å². The fraction of sp³-hybridized carbons (Fsp3) is 0.316. The maximum atomic E-state index is 12.7. The molecule has 5 nitrogen and oxygen atoms in total. The van der Waals surface area contributed by atoms with Crippen LogP contribution >= 0.6 is 0 Å². The third-order valence-corrected chi connectivity index (χ3v) is 4.68. The predicted molar refractivity (Wildman–Crippen MR) is 88.8 cm³/mol. The van der Waals surface area contributed by atoms with E-state index in [1.807, 2.05) is 41.3 Å². The quantitative estimate of drug-likeness (QED) is 0.870. The van der Waals surface area contributed by atoms with Crippen molar-refractivity contribution in [2.75, 3.05) is 27.0 Å². The number of ether oxygens (including phenoxy) is 3. The molecule has 2 aliphatic rings. The van der Waals surface area contributed by atoms with Crippen LogP contribution in [0.3, 0.4) is 0 Å². The Balaban J connectivity index is 1.46. The summed E-state index contributed by atoms with van der Waals surface area (Å²) >= 11 is 0. The van der Waals surface area contributed by atoms with Gasteiger partial charge >= 0.3 is 0 Å². The van der Waals surface area contributed by atoms with E-state index in [1.54, 1.807) is 7.11 Å². The number of hydrogen-bond donors (Lipinski definition) is 0. The van der Waals surface area contributed by atoms with Crippen LogP contribution in [0.5, 0.6) is 17.2 Å². The Hall–Kier alpha value is -2.69. The molecule has 2 aromatic rings. The fourth-order valence-corrected chi connectivity index (χ4v) is 3.30. The number of methoxy groups -OCH3 is 1. The van der Waals surface area contributed by atoms with Gasteiger partial charge in [0.15, 0.2) is 11.5 Å². The third kappa shape index (κ3) is 2.66. The van der Waals surface area contributed by atoms with E-state index in [2.05, 4.69) is 6.07 Å². The second-order valence-corrected chi connectivity index (χ2v) is 6.08. The van der Waals surface area contributed by atoms with Crippen molar-refractivity contribution in [3.8, 4) is 17.2 Å². The lowest BCUT2D eigenvalue weighted by Gasteiger charge is -2.17. The molecule has 1 unspecified atom stereocenters. The summed E-state index contributed by atoms with van der Waals surface area (Å²) in [6.07, 6.45) is 0.960. The van der Waals surface area contributed by atoms with Crippen LogP contribution in [-0.4, -0.2) is 37.8 Å². The Labute approximate surface area is 140 Å². The molecular formula is C19H19NO4. The third-order valence-electron chi connectivity index (χ3n) is 4.68. The summed E-state index contributed by atoms with van der Waals surface area (Å²) in [5.41, 5.74) is 1.89. The van der Waals surface area contributed by atoms with Gasteiger partial charge in [-0.15, -0.1) is 0 Å². The van der Waals surface area contributed by atoms with Crippen LogP contribution in [0, 0.1) is 0 Å². The molecule has 1 fully saturated rings. The Morgan fingerprint density at radius 2 is 1.92 bits per heavy atom. The van der Waals surface area contributed by atoms with Gasteiger partial charge in [-0.3, -0.25) is 4.79 Å². The van der Waals surface area contributed by atoms with E-state index in [4.69, 9.17) is 14.2 Å². The Morgan fingerprint density at radius 1 is 1.12 bits per heavy atom. The monoisotopic (exact) mass is 325 g/mol. The number of benzene rings is 2. The minimum Gasteiger partial charge on any atom is -0.497 e. The summed E-state index contributed by atoms with van der Waals surface area (Å²) in [4.78, 5) is 14.6. The zero-order chi connectivity index (χ0) is 16.5. The molecule has 1 saturated heterocycles. The maximum Gasteiger partial charge on any atom is 0.253 e. The van der Waals surface area contributed by atoms with E-state index in [1.165, 1.54) is 5.56 Å². The first-order chi connectivity index (χ1) is 11.7. The van der Waals surface area contributed by atoms with Crippen molar-refractivity contribution in [1.82, 2.24) is 4.90 Å². The normalized spacial score (nSPS) is 18.7. The Morgan fingerprint density at radius 3 is 2.71 bits per heavy atom. The molecule has 1 atom stereocenters. The standard InChI is InChI=1S/C19H19NO4/c1-22-16-5-2-13(3-6-16)19(21)20-9-8-15(11-20)14-4-7-17-18(10-14)24-12-23-17/h2-7,10,15H,8-9,11-12H2,1H3. The van der Waals surface area contributed by atoms with E-state index < -0.39 is 0 Å². The highest BCUT2D eigenvalue weighted by Crippen LogP contribution is 2.37. The average molecular weight is 325 g/mol. The molecule has 0 spiro atoms. The van der Waals surface area contributed by atoms with Crippen molar-refractivity contribution in [3.05, 3.63) is 53.6 Å². The first-order valence-corrected chi connectivity index (χ1v) is 8.07. The van der Waals surface area contributed by atoms with E-state index in [0.717, 1.165) is 36.8 Å². The Kier molecular flexibility index (Phi) is 3.76. The molecule has 0 N–H and O–H groups in total. The van der Waals surface area contributed by atoms with Crippen molar-refractivity contribution >= 4 is 5.91 Å². The van der Waals surface area contributed by atoms with Gasteiger partial charge in [0.2, 0.25) is 6.79 Å². The molecule has 0 saturated carbocycles. The van der Waals surface area contributed by atoms with E-state index >= 15 is 0 Å². The van der Waals surface area contributed by atoms with Crippen molar-refractivity contribution < 1.29 is 19.0 Å². The number of carbonyl (C=O) groups is 1. The summed E-state index contributed by atoms with van der Waals surface area (Å²) in [6.45, 7) is 1.78. The van der Waals surface area contributed by atoms with Gasteiger partial charge in [0, 0.05) is 24.6 Å². The van der Waals surface area contributed by atoms with Crippen LogP contribution in [0.1, 0.15) is 28.3 Å². The van der Waals surface area contributed by atoms with Crippen molar-refractivity contribution in [2.45, 2.75) is 12.3 Å². The number of amides is 1. The van der Waals surface area contributed by atoms with E-state index in [0.29, 0.717) is 11.5 Å². The zero-order valence-corrected chi connectivity index (χ0v) is 13.5. The molecule has 0 aromatic heterocycles. The molecule has 5 heteroatoms. The Bertz CT molecular complexity index is 756. The second-order valence-electron chi connectivity index (χ2n) is 6.08. The van der Waals surface area contributed by atoms with Gasteiger partial charge < -0.3 is 19.1 Å². The summed E-state index contributed by atoms with van der Waals surface area (Å²) in [5, 5.41) is 0. The number of hydrogen-bond acceptors (Lipinski definition) is 4. The summed E-state index contributed by atoms with van der Waals surface area (Å²) in [5.74, 6) is 2.75. The van der Waals surface area contributed by atoms with Crippen molar-refractivity contribution in [1.29, 1.82) is 0 Å². The summed E-state index contributed by atoms with van der Waals surface area (Å²) < 4.78 is 15.9. The topological polar surface area (TPSA) is 48.0 Å².